The summed E-state index contributed by atoms with van der Waals surface area (Å²) >= 11 is 1.60. The van der Waals surface area contributed by atoms with Crippen LogP contribution in [0.3, 0.4) is 0 Å². The maximum absolute atomic E-state index is 8.77. The van der Waals surface area contributed by atoms with Crippen molar-refractivity contribution >= 4 is 11.3 Å². The third-order valence-corrected chi connectivity index (χ3v) is 4.67. The largest absolute Gasteiger partial charge is 0.309 e. The number of rotatable bonds is 3. The van der Waals surface area contributed by atoms with Crippen molar-refractivity contribution in [3.63, 3.8) is 0 Å². The van der Waals surface area contributed by atoms with Gasteiger partial charge in [-0.2, -0.15) is 5.26 Å². The average molecular weight is 248 g/mol. The lowest BCUT2D eigenvalue weighted by Gasteiger charge is -2.34. The predicted molar refractivity (Wildman–Crippen MR) is 71.9 cm³/mol. The first-order valence-corrected chi connectivity index (χ1v) is 7.13. The van der Waals surface area contributed by atoms with E-state index in [1.165, 1.54) is 30.6 Å². The first-order valence-electron chi connectivity index (χ1n) is 6.31. The van der Waals surface area contributed by atoms with E-state index in [1.54, 1.807) is 11.3 Å². The zero-order chi connectivity index (χ0) is 12.3. The Morgan fingerprint density at radius 2 is 2.12 bits per heavy atom. The summed E-state index contributed by atoms with van der Waals surface area (Å²) in [6, 6.07) is 6.82. The molecule has 1 saturated carbocycles. The van der Waals surface area contributed by atoms with E-state index < -0.39 is 0 Å². The van der Waals surface area contributed by atoms with E-state index in [0.717, 1.165) is 11.4 Å². The Labute approximate surface area is 108 Å². The quantitative estimate of drug-likeness (QED) is 0.885. The van der Waals surface area contributed by atoms with E-state index in [9.17, 15) is 0 Å². The van der Waals surface area contributed by atoms with Crippen molar-refractivity contribution in [2.45, 2.75) is 52.1 Å². The normalized spacial score (nSPS) is 20.1. The molecule has 0 amide bonds. The lowest BCUT2D eigenvalue weighted by Crippen LogP contribution is -2.34. The van der Waals surface area contributed by atoms with E-state index in [-0.39, 0.29) is 0 Å². The van der Waals surface area contributed by atoms with Crippen molar-refractivity contribution in [2.75, 3.05) is 0 Å². The maximum atomic E-state index is 8.77. The molecule has 1 N–H and O–H groups in total. The van der Waals surface area contributed by atoms with Crippen molar-refractivity contribution in [3.05, 3.63) is 21.9 Å². The van der Waals surface area contributed by atoms with Gasteiger partial charge in [-0.1, -0.05) is 13.8 Å². The summed E-state index contributed by atoms with van der Waals surface area (Å²) in [6.45, 7) is 5.64. The fourth-order valence-electron chi connectivity index (χ4n) is 2.38. The van der Waals surface area contributed by atoms with Gasteiger partial charge in [-0.25, -0.2) is 0 Å². The fourth-order valence-corrected chi connectivity index (χ4v) is 3.14. The van der Waals surface area contributed by atoms with Crippen LogP contribution in [0.25, 0.3) is 0 Å². The van der Waals surface area contributed by atoms with Crippen LogP contribution in [-0.4, -0.2) is 6.04 Å². The van der Waals surface area contributed by atoms with Crippen molar-refractivity contribution in [3.8, 4) is 6.07 Å². The molecule has 0 radical (unpaired) electrons. The smallest absolute Gasteiger partial charge is 0.110 e. The van der Waals surface area contributed by atoms with Gasteiger partial charge in [0.25, 0.3) is 0 Å². The Balaban J connectivity index is 1.78. The zero-order valence-corrected chi connectivity index (χ0v) is 11.4. The topological polar surface area (TPSA) is 35.8 Å². The first kappa shape index (κ1) is 12.6. The molecule has 1 aliphatic rings. The molecule has 1 aromatic heterocycles. The molecule has 0 spiro atoms. The molecule has 2 rings (SSSR count). The number of nitrogens with zero attached hydrogens (tertiary/aromatic N) is 1. The molecule has 0 atom stereocenters. The number of hydrogen-bond donors (Lipinski definition) is 1. The molecule has 1 fully saturated rings. The summed E-state index contributed by atoms with van der Waals surface area (Å²) in [7, 11) is 0. The highest BCUT2D eigenvalue weighted by Gasteiger charge is 2.26. The second kappa shape index (κ2) is 5.20. The second-order valence-electron chi connectivity index (χ2n) is 5.70. The molecule has 0 saturated heterocycles. The van der Waals surface area contributed by atoms with Gasteiger partial charge in [0, 0.05) is 17.5 Å². The highest BCUT2D eigenvalue weighted by molar-refractivity contribution is 7.12. The maximum Gasteiger partial charge on any atom is 0.110 e. The van der Waals surface area contributed by atoms with Gasteiger partial charge in [-0.05, 0) is 43.2 Å². The number of hydrogen-bond acceptors (Lipinski definition) is 3. The predicted octanol–water partition coefficient (Wildman–Crippen LogP) is 3.68. The number of nitriles is 1. The van der Waals surface area contributed by atoms with E-state index in [4.69, 9.17) is 5.26 Å². The van der Waals surface area contributed by atoms with Crippen LogP contribution in [0.2, 0.25) is 0 Å². The van der Waals surface area contributed by atoms with E-state index in [2.05, 4.69) is 31.3 Å². The molecule has 1 aromatic rings. The standard InChI is InChI=1S/C14H20N2S/c1-14(2)7-5-11(6-8-14)16-10-13-4-3-12(9-15)17-13/h3-4,11,16H,5-8,10H2,1-2H3. The van der Waals surface area contributed by atoms with Gasteiger partial charge in [0.15, 0.2) is 0 Å². The van der Waals surface area contributed by atoms with Gasteiger partial charge < -0.3 is 5.32 Å². The summed E-state index contributed by atoms with van der Waals surface area (Å²) in [5, 5.41) is 12.4. The molecular formula is C14H20N2S. The molecule has 2 nitrogen and oxygen atoms in total. The van der Waals surface area contributed by atoms with Crippen molar-refractivity contribution in [1.29, 1.82) is 5.26 Å². The summed E-state index contributed by atoms with van der Waals surface area (Å²) in [6.07, 6.45) is 5.20. The molecular weight excluding hydrogens is 228 g/mol. The molecule has 3 heteroatoms. The van der Waals surface area contributed by atoms with Gasteiger partial charge in [0.1, 0.15) is 10.9 Å². The van der Waals surface area contributed by atoms with Crippen molar-refractivity contribution in [2.24, 2.45) is 5.41 Å². The lowest BCUT2D eigenvalue weighted by molar-refractivity contribution is 0.206. The minimum atomic E-state index is 0.537. The Bertz CT molecular complexity index is 404. The van der Waals surface area contributed by atoms with Gasteiger partial charge in [0.05, 0.1) is 0 Å². The van der Waals surface area contributed by atoms with Gasteiger partial charge in [-0.15, -0.1) is 11.3 Å². The summed E-state index contributed by atoms with van der Waals surface area (Å²) in [5.74, 6) is 0. The Hall–Kier alpha value is -0.850. The monoisotopic (exact) mass is 248 g/mol. The fraction of sp³-hybridized carbons (Fsp3) is 0.643. The van der Waals surface area contributed by atoms with Crippen LogP contribution < -0.4 is 5.32 Å². The molecule has 1 heterocycles. The lowest BCUT2D eigenvalue weighted by atomic mass is 9.75. The highest BCUT2D eigenvalue weighted by atomic mass is 32.1. The molecule has 0 bridgehead atoms. The second-order valence-corrected chi connectivity index (χ2v) is 6.87. The van der Waals surface area contributed by atoms with Gasteiger partial charge >= 0.3 is 0 Å². The minimum Gasteiger partial charge on any atom is -0.309 e. The van der Waals surface area contributed by atoms with E-state index >= 15 is 0 Å². The van der Waals surface area contributed by atoms with Crippen LogP contribution in [0, 0.1) is 16.7 Å². The van der Waals surface area contributed by atoms with Crippen LogP contribution in [0.15, 0.2) is 12.1 Å². The Morgan fingerprint density at radius 1 is 1.41 bits per heavy atom. The van der Waals surface area contributed by atoms with Crippen LogP contribution in [0.1, 0.15) is 49.3 Å². The third kappa shape index (κ3) is 3.55. The number of nitrogens with one attached hydrogen (secondary N) is 1. The summed E-state index contributed by atoms with van der Waals surface area (Å²) < 4.78 is 0. The first-order chi connectivity index (χ1) is 8.09. The van der Waals surface area contributed by atoms with Crippen LogP contribution in [0.5, 0.6) is 0 Å². The van der Waals surface area contributed by atoms with Crippen molar-refractivity contribution < 1.29 is 0 Å². The van der Waals surface area contributed by atoms with Gasteiger partial charge in [-0.3, -0.25) is 0 Å². The Kier molecular flexibility index (Phi) is 3.86. The third-order valence-electron chi connectivity index (χ3n) is 3.68. The molecule has 17 heavy (non-hydrogen) atoms. The molecule has 0 aromatic carbocycles. The van der Waals surface area contributed by atoms with E-state index in [0.29, 0.717) is 11.5 Å². The summed E-state index contributed by atoms with van der Waals surface area (Å²) in [5.41, 5.74) is 0.537. The highest BCUT2D eigenvalue weighted by Crippen LogP contribution is 2.35. The molecule has 1 aliphatic carbocycles. The average Bonchev–Trinajstić information content (AvgIpc) is 2.75. The van der Waals surface area contributed by atoms with Gasteiger partial charge in [0.2, 0.25) is 0 Å². The molecule has 92 valence electrons. The molecule has 0 aliphatic heterocycles. The summed E-state index contributed by atoms with van der Waals surface area (Å²) in [4.78, 5) is 2.08. The van der Waals surface area contributed by atoms with Crippen LogP contribution >= 0.6 is 11.3 Å². The minimum absolute atomic E-state index is 0.537. The Morgan fingerprint density at radius 3 is 2.71 bits per heavy atom. The van der Waals surface area contributed by atoms with Crippen LogP contribution in [0.4, 0.5) is 0 Å². The van der Waals surface area contributed by atoms with E-state index in [1.807, 2.05) is 6.07 Å². The SMILES string of the molecule is CC1(C)CCC(NCc2ccc(C#N)s2)CC1. The van der Waals surface area contributed by atoms with Crippen LogP contribution in [-0.2, 0) is 6.54 Å². The molecule has 0 unspecified atom stereocenters. The zero-order valence-electron chi connectivity index (χ0n) is 10.6. The van der Waals surface area contributed by atoms with Crippen molar-refractivity contribution in [1.82, 2.24) is 5.32 Å². The number of thiophene rings is 1.